The first-order chi connectivity index (χ1) is 5.66. The number of ether oxygens (including phenoxy) is 1. The Kier molecular flexibility index (Phi) is 7.72. The van der Waals surface area contributed by atoms with Crippen LogP contribution in [0, 0.1) is 0 Å². The zero-order valence-corrected chi connectivity index (χ0v) is 10.4. The number of hydrogen-bond acceptors (Lipinski definition) is 3. The molecule has 3 nitrogen and oxygen atoms in total. The Balaban J connectivity index is 3.21. The highest BCUT2D eigenvalue weighted by atomic mass is 28.3. The molecule has 0 fully saturated rings. The molecule has 0 amide bonds. The molecule has 1 atom stereocenters. The second kappa shape index (κ2) is 7.69. The highest BCUT2D eigenvalue weighted by Crippen LogP contribution is 1.88. The summed E-state index contributed by atoms with van der Waals surface area (Å²) in [6.07, 6.45) is 1.67. The first-order valence-corrected chi connectivity index (χ1v) is 8.32. The predicted molar refractivity (Wildman–Crippen MR) is 55.5 cm³/mol. The van der Waals surface area contributed by atoms with Crippen LogP contribution in [0.25, 0.3) is 0 Å². The molecule has 0 heterocycles. The minimum absolute atomic E-state index is 0.361. The summed E-state index contributed by atoms with van der Waals surface area (Å²) in [4.78, 5) is 0. The summed E-state index contributed by atoms with van der Waals surface area (Å²) in [6, 6.07) is 0. The maximum absolute atomic E-state index is 9.32. The van der Waals surface area contributed by atoms with E-state index in [0.717, 1.165) is 0 Å². The van der Waals surface area contributed by atoms with E-state index in [1.807, 2.05) is 0 Å². The molecule has 72 valence electrons. The summed E-state index contributed by atoms with van der Waals surface area (Å²) in [7, 11) is -1.72. The first-order valence-electron chi connectivity index (χ1n) is 4.15. The van der Waals surface area contributed by atoms with Gasteiger partial charge in [-0.05, 0) is 13.1 Å². The van der Waals surface area contributed by atoms with Crippen molar-refractivity contribution < 1.29 is 14.0 Å². The molecular weight excluding hydrogens is 188 g/mol. The normalized spacial score (nSPS) is 14.3. The summed E-state index contributed by atoms with van der Waals surface area (Å²) in [6.45, 7) is 8.61. The van der Waals surface area contributed by atoms with E-state index >= 15 is 0 Å². The van der Waals surface area contributed by atoms with Crippen LogP contribution in [0.1, 0.15) is 0 Å². The van der Waals surface area contributed by atoms with Gasteiger partial charge in [0.25, 0.3) is 0 Å². The minimum atomic E-state index is -0.942. The van der Waals surface area contributed by atoms with E-state index < -0.39 is 18.8 Å². The molecule has 0 saturated heterocycles. The van der Waals surface area contributed by atoms with E-state index in [2.05, 4.69) is 19.7 Å². The van der Waals surface area contributed by atoms with Gasteiger partial charge in [-0.1, -0.05) is 6.08 Å². The Morgan fingerprint density at radius 1 is 1.67 bits per heavy atom. The summed E-state index contributed by atoms with van der Waals surface area (Å²) >= 11 is 0. The number of rotatable bonds is 7. The highest BCUT2D eigenvalue weighted by Gasteiger charge is 2.06. The van der Waals surface area contributed by atoms with E-state index in [1.165, 1.54) is 0 Å². The van der Waals surface area contributed by atoms with Crippen molar-refractivity contribution in [3.63, 3.8) is 0 Å². The predicted octanol–water partition coefficient (Wildman–Crippen LogP) is -0.409. The molecule has 0 radical (unpaired) electrons. The molecule has 1 N–H and O–H groups in total. The molecule has 0 aromatic carbocycles. The van der Waals surface area contributed by atoms with E-state index in [4.69, 9.17) is 8.85 Å². The third-order valence-electron chi connectivity index (χ3n) is 1.17. The van der Waals surface area contributed by atoms with Crippen molar-refractivity contribution in [1.82, 2.24) is 0 Å². The maximum atomic E-state index is 9.32. The monoisotopic (exact) mass is 206 g/mol. The Hall–Kier alpha value is 0.0538. The van der Waals surface area contributed by atoms with Gasteiger partial charge in [-0.2, -0.15) is 0 Å². The molecule has 0 rings (SSSR count). The van der Waals surface area contributed by atoms with Gasteiger partial charge >= 0.3 is 0 Å². The average molecular weight is 206 g/mol. The first kappa shape index (κ1) is 12.1. The van der Waals surface area contributed by atoms with Crippen LogP contribution in [0.4, 0.5) is 0 Å². The summed E-state index contributed by atoms with van der Waals surface area (Å²) in [5, 5.41) is 9.32. The van der Waals surface area contributed by atoms with E-state index in [-0.39, 0.29) is 5.73 Å². The summed E-state index contributed by atoms with van der Waals surface area (Å²) < 4.78 is 10.5. The third kappa shape index (κ3) is 8.15. The highest BCUT2D eigenvalue weighted by molar-refractivity contribution is 6.56. The van der Waals surface area contributed by atoms with Crippen LogP contribution < -0.4 is 0 Å². The molecule has 0 aliphatic rings. The van der Waals surface area contributed by atoms with Crippen molar-refractivity contribution >= 4 is 18.8 Å². The van der Waals surface area contributed by atoms with Gasteiger partial charge in [0.15, 0.2) is 18.8 Å². The molecule has 0 aromatic heterocycles. The van der Waals surface area contributed by atoms with Gasteiger partial charge in [-0.15, -0.1) is 6.58 Å². The second-order valence-corrected chi connectivity index (χ2v) is 7.57. The Bertz CT molecular complexity index is 119. The van der Waals surface area contributed by atoms with E-state index in [9.17, 15) is 5.11 Å². The lowest BCUT2D eigenvalue weighted by molar-refractivity contribution is 0.0850. The Morgan fingerprint density at radius 2 is 2.33 bits per heavy atom. The number of aliphatic hydroxyl groups excluding tert-OH is 1. The fraction of sp³-hybridized carbons (Fsp3) is 0.714. The van der Waals surface area contributed by atoms with Crippen molar-refractivity contribution in [3.05, 3.63) is 12.7 Å². The SMILES string of the molecule is C=CCOCC(O)[SiH2]O[SiH](C)C. The lowest BCUT2D eigenvalue weighted by atomic mass is 10.7. The van der Waals surface area contributed by atoms with Crippen LogP contribution in [-0.4, -0.2) is 42.9 Å². The van der Waals surface area contributed by atoms with Crippen LogP contribution in [0.3, 0.4) is 0 Å². The Labute approximate surface area is 78.1 Å². The summed E-state index contributed by atoms with van der Waals surface area (Å²) in [5.41, 5.74) is -0.361. The molecule has 0 aliphatic carbocycles. The van der Waals surface area contributed by atoms with Crippen LogP contribution in [0.2, 0.25) is 13.1 Å². The zero-order valence-electron chi connectivity index (χ0n) is 7.82. The maximum Gasteiger partial charge on any atom is 0.178 e. The molecule has 0 aromatic rings. The van der Waals surface area contributed by atoms with Crippen molar-refractivity contribution in [2.45, 2.75) is 18.8 Å². The largest absolute Gasteiger partial charge is 0.461 e. The standard InChI is InChI=1S/C7H18O3Si2/c1-4-5-9-6-7(8)11-10-12(2)3/h4,7-8,12H,1,5-6,11H2,2-3H3. The van der Waals surface area contributed by atoms with Crippen LogP contribution in [0.15, 0.2) is 12.7 Å². The molecule has 0 saturated carbocycles. The van der Waals surface area contributed by atoms with Crippen LogP contribution in [0.5, 0.6) is 0 Å². The van der Waals surface area contributed by atoms with Crippen molar-refractivity contribution in [2.24, 2.45) is 0 Å². The topological polar surface area (TPSA) is 38.7 Å². The van der Waals surface area contributed by atoms with Crippen molar-refractivity contribution in [3.8, 4) is 0 Å². The fourth-order valence-corrected chi connectivity index (χ4v) is 3.33. The van der Waals surface area contributed by atoms with Gasteiger partial charge in [0.2, 0.25) is 0 Å². The van der Waals surface area contributed by atoms with Gasteiger partial charge in [-0.3, -0.25) is 0 Å². The molecule has 5 heteroatoms. The lowest BCUT2D eigenvalue weighted by Gasteiger charge is -2.12. The third-order valence-corrected chi connectivity index (χ3v) is 5.22. The molecule has 0 aliphatic heterocycles. The Morgan fingerprint density at radius 3 is 2.83 bits per heavy atom. The van der Waals surface area contributed by atoms with Crippen molar-refractivity contribution in [1.29, 1.82) is 0 Å². The molecule has 12 heavy (non-hydrogen) atoms. The van der Waals surface area contributed by atoms with Gasteiger partial charge in [0.05, 0.1) is 18.9 Å². The second-order valence-electron chi connectivity index (χ2n) is 2.86. The van der Waals surface area contributed by atoms with Gasteiger partial charge in [0.1, 0.15) is 0 Å². The average Bonchev–Trinajstić information content (AvgIpc) is 2.01. The van der Waals surface area contributed by atoms with Gasteiger partial charge in [-0.25, -0.2) is 0 Å². The van der Waals surface area contributed by atoms with Gasteiger partial charge < -0.3 is 14.0 Å². The van der Waals surface area contributed by atoms with Crippen molar-refractivity contribution in [2.75, 3.05) is 13.2 Å². The molecule has 0 spiro atoms. The molecule has 0 bridgehead atoms. The minimum Gasteiger partial charge on any atom is -0.461 e. The zero-order chi connectivity index (χ0) is 9.40. The fourth-order valence-electron chi connectivity index (χ4n) is 0.639. The summed E-state index contributed by atoms with van der Waals surface area (Å²) in [5.74, 6) is 0. The van der Waals surface area contributed by atoms with E-state index in [0.29, 0.717) is 13.2 Å². The number of aliphatic hydroxyl groups is 1. The molecule has 1 unspecified atom stereocenters. The quantitative estimate of drug-likeness (QED) is 0.350. The van der Waals surface area contributed by atoms with E-state index in [1.54, 1.807) is 6.08 Å². The van der Waals surface area contributed by atoms with Crippen LogP contribution in [-0.2, 0) is 8.85 Å². The number of hydrogen-bond donors (Lipinski definition) is 1. The lowest BCUT2D eigenvalue weighted by Crippen LogP contribution is -2.28. The van der Waals surface area contributed by atoms with Gasteiger partial charge in [0, 0.05) is 0 Å². The smallest absolute Gasteiger partial charge is 0.178 e. The molecular formula is C7H18O3Si2. The van der Waals surface area contributed by atoms with Crippen LogP contribution >= 0.6 is 0 Å².